The number of carbonyl (C=O) groups is 1. The first kappa shape index (κ1) is 22.1. The molecule has 31 heavy (non-hydrogen) atoms. The Balaban J connectivity index is 1.39. The number of nitrogens with one attached hydrogen (secondary N) is 1. The Morgan fingerprint density at radius 2 is 1.97 bits per heavy atom. The molecule has 1 amide bonds. The van der Waals surface area contributed by atoms with Crippen LogP contribution in [0.15, 0.2) is 12.1 Å². The Morgan fingerprint density at radius 3 is 2.71 bits per heavy atom. The zero-order chi connectivity index (χ0) is 21.8. The largest absolute Gasteiger partial charge is 0.379 e. The summed E-state index contributed by atoms with van der Waals surface area (Å²) in [6.07, 6.45) is 0.310. The number of hydrogen-bond acceptors (Lipinski definition) is 8. The molecule has 0 saturated carbocycles. The molecular weight excluding hydrogens is 414 g/mol. The normalized spacial score (nSPS) is 20.1. The van der Waals surface area contributed by atoms with E-state index in [1.807, 2.05) is 30.9 Å². The van der Waals surface area contributed by atoms with E-state index in [9.17, 15) is 4.79 Å². The van der Waals surface area contributed by atoms with E-state index >= 15 is 0 Å². The van der Waals surface area contributed by atoms with Crippen LogP contribution < -0.4 is 5.32 Å². The monoisotopic (exact) mass is 445 g/mol. The van der Waals surface area contributed by atoms with E-state index in [1.165, 1.54) is 4.88 Å². The number of pyridine rings is 1. The molecule has 9 heteroatoms. The molecule has 2 aliphatic heterocycles. The minimum absolute atomic E-state index is 0.180. The lowest BCUT2D eigenvalue weighted by Crippen LogP contribution is -2.44. The lowest BCUT2D eigenvalue weighted by atomic mass is 10.1. The van der Waals surface area contributed by atoms with Crippen LogP contribution in [-0.2, 0) is 14.3 Å². The van der Waals surface area contributed by atoms with Gasteiger partial charge in [-0.2, -0.15) is 0 Å². The molecule has 168 valence electrons. The van der Waals surface area contributed by atoms with Crippen molar-refractivity contribution in [2.24, 2.45) is 0 Å². The third-order valence-corrected chi connectivity index (χ3v) is 6.74. The van der Waals surface area contributed by atoms with Gasteiger partial charge in [0, 0.05) is 48.9 Å². The number of carbonyl (C=O) groups excluding carboxylic acids is 1. The Hall–Kier alpha value is -2.07. The number of morpholine rings is 2. The van der Waals surface area contributed by atoms with E-state index in [0.29, 0.717) is 26.1 Å². The van der Waals surface area contributed by atoms with Gasteiger partial charge in [-0.05, 0) is 32.9 Å². The van der Waals surface area contributed by atoms with Gasteiger partial charge in [0.2, 0.25) is 5.91 Å². The maximum absolute atomic E-state index is 12.8. The van der Waals surface area contributed by atoms with Crippen LogP contribution in [0.1, 0.15) is 34.5 Å². The molecule has 0 radical (unpaired) electrons. The molecule has 0 aromatic carbocycles. The molecule has 2 aliphatic rings. The number of hydrogen-bond donors (Lipinski definition) is 1. The SMILES string of the molecule is Cc1cc(Nc2nc(C)c(C)s2)cc([C@H]2CN(C(=O)CCN3CCOCC3)CCO2)n1. The molecule has 2 aromatic rings. The van der Waals surface area contributed by atoms with Crippen molar-refractivity contribution in [1.29, 1.82) is 0 Å². The van der Waals surface area contributed by atoms with Gasteiger partial charge in [0.25, 0.3) is 0 Å². The molecule has 0 spiro atoms. The van der Waals surface area contributed by atoms with E-state index < -0.39 is 0 Å². The highest BCUT2D eigenvalue weighted by Gasteiger charge is 2.27. The van der Waals surface area contributed by atoms with Crippen molar-refractivity contribution in [3.05, 3.63) is 34.1 Å². The Morgan fingerprint density at radius 1 is 1.16 bits per heavy atom. The summed E-state index contributed by atoms with van der Waals surface area (Å²) in [4.78, 5) is 27.5. The summed E-state index contributed by atoms with van der Waals surface area (Å²) in [5.74, 6) is 0.180. The summed E-state index contributed by atoms with van der Waals surface area (Å²) in [5, 5.41) is 4.26. The predicted octanol–water partition coefficient (Wildman–Crippen LogP) is 2.83. The summed E-state index contributed by atoms with van der Waals surface area (Å²) in [7, 11) is 0. The molecule has 1 atom stereocenters. The van der Waals surface area contributed by atoms with Crippen molar-refractivity contribution in [3.63, 3.8) is 0 Å². The zero-order valence-electron chi connectivity index (χ0n) is 18.5. The molecule has 0 aliphatic carbocycles. The third kappa shape index (κ3) is 5.79. The molecule has 8 nitrogen and oxygen atoms in total. The predicted molar refractivity (Wildman–Crippen MR) is 121 cm³/mol. The van der Waals surface area contributed by atoms with Crippen LogP contribution in [0.4, 0.5) is 10.8 Å². The van der Waals surface area contributed by atoms with Crippen molar-refractivity contribution in [2.75, 3.05) is 57.9 Å². The minimum Gasteiger partial charge on any atom is -0.379 e. The molecular formula is C22H31N5O3S. The van der Waals surface area contributed by atoms with Crippen LogP contribution >= 0.6 is 11.3 Å². The molecule has 2 fully saturated rings. The number of ether oxygens (including phenoxy) is 2. The zero-order valence-corrected chi connectivity index (χ0v) is 19.3. The number of aromatic nitrogens is 2. The minimum atomic E-state index is -0.221. The summed E-state index contributed by atoms with van der Waals surface area (Å²) in [6, 6.07) is 4.01. The van der Waals surface area contributed by atoms with Crippen molar-refractivity contribution in [1.82, 2.24) is 19.8 Å². The lowest BCUT2D eigenvalue weighted by Gasteiger charge is -2.34. The number of aryl methyl sites for hydroxylation is 3. The van der Waals surface area contributed by atoms with Crippen LogP contribution in [0.5, 0.6) is 0 Å². The fourth-order valence-corrected chi connectivity index (χ4v) is 4.71. The fraction of sp³-hybridized carbons (Fsp3) is 0.591. The van der Waals surface area contributed by atoms with Gasteiger partial charge in [-0.15, -0.1) is 11.3 Å². The maximum atomic E-state index is 12.8. The smallest absolute Gasteiger partial charge is 0.224 e. The van der Waals surface area contributed by atoms with E-state index in [2.05, 4.69) is 22.1 Å². The van der Waals surface area contributed by atoms with Gasteiger partial charge in [-0.3, -0.25) is 14.7 Å². The van der Waals surface area contributed by atoms with Crippen molar-refractivity contribution < 1.29 is 14.3 Å². The van der Waals surface area contributed by atoms with Gasteiger partial charge >= 0.3 is 0 Å². The van der Waals surface area contributed by atoms with Gasteiger partial charge in [-0.1, -0.05) is 0 Å². The summed E-state index contributed by atoms with van der Waals surface area (Å²) in [5.41, 5.74) is 3.73. The van der Waals surface area contributed by atoms with Gasteiger partial charge in [0.15, 0.2) is 5.13 Å². The highest BCUT2D eigenvalue weighted by molar-refractivity contribution is 7.15. The van der Waals surface area contributed by atoms with Crippen LogP contribution in [-0.4, -0.2) is 78.2 Å². The van der Waals surface area contributed by atoms with Crippen LogP contribution in [0.3, 0.4) is 0 Å². The molecule has 4 heterocycles. The number of rotatable bonds is 6. The van der Waals surface area contributed by atoms with Gasteiger partial charge < -0.3 is 19.7 Å². The number of amides is 1. The van der Waals surface area contributed by atoms with E-state index in [4.69, 9.17) is 14.5 Å². The van der Waals surface area contributed by atoms with Crippen LogP contribution in [0, 0.1) is 20.8 Å². The van der Waals surface area contributed by atoms with Crippen LogP contribution in [0.2, 0.25) is 0 Å². The van der Waals surface area contributed by atoms with Crippen molar-refractivity contribution in [2.45, 2.75) is 33.3 Å². The van der Waals surface area contributed by atoms with E-state index in [0.717, 1.165) is 60.7 Å². The Labute approximate surface area is 187 Å². The van der Waals surface area contributed by atoms with E-state index in [1.54, 1.807) is 11.3 Å². The highest BCUT2D eigenvalue weighted by atomic mass is 32.1. The first-order valence-electron chi connectivity index (χ1n) is 10.9. The summed E-state index contributed by atoms with van der Waals surface area (Å²) >= 11 is 1.64. The number of anilines is 2. The van der Waals surface area contributed by atoms with Gasteiger partial charge in [0.1, 0.15) is 6.10 Å². The lowest BCUT2D eigenvalue weighted by molar-refractivity contribution is -0.139. The Kier molecular flexibility index (Phi) is 7.16. The highest BCUT2D eigenvalue weighted by Crippen LogP contribution is 2.28. The summed E-state index contributed by atoms with van der Waals surface area (Å²) < 4.78 is 11.4. The molecule has 1 N–H and O–H groups in total. The number of nitrogens with zero attached hydrogens (tertiary/aromatic N) is 4. The topological polar surface area (TPSA) is 79.8 Å². The second kappa shape index (κ2) is 10.0. The van der Waals surface area contributed by atoms with Crippen molar-refractivity contribution in [3.8, 4) is 0 Å². The van der Waals surface area contributed by atoms with Gasteiger partial charge in [-0.25, -0.2) is 4.98 Å². The first-order valence-corrected chi connectivity index (χ1v) is 11.7. The van der Waals surface area contributed by atoms with E-state index in [-0.39, 0.29) is 12.0 Å². The second-order valence-corrected chi connectivity index (χ2v) is 9.31. The number of thiazole rings is 1. The second-order valence-electron chi connectivity index (χ2n) is 8.11. The standard InChI is InChI=1S/C22H31N5O3S/c1-15-12-18(25-22-24-16(2)17(3)31-22)13-19(23-15)20-14-27(8-11-30-20)21(28)4-5-26-6-9-29-10-7-26/h12-13,20H,4-11,14H2,1-3H3,(H,23,24,25)/t20-/m1/s1. The fourth-order valence-electron chi connectivity index (χ4n) is 3.87. The molecule has 2 aromatic heterocycles. The Bertz CT molecular complexity index is 893. The third-order valence-electron chi connectivity index (χ3n) is 5.75. The van der Waals surface area contributed by atoms with Crippen molar-refractivity contribution >= 4 is 28.1 Å². The summed E-state index contributed by atoms with van der Waals surface area (Å²) in [6.45, 7) is 11.8. The molecule has 4 rings (SSSR count). The first-order chi connectivity index (χ1) is 15.0. The average Bonchev–Trinajstić information content (AvgIpc) is 3.09. The molecule has 0 bridgehead atoms. The molecule has 0 unspecified atom stereocenters. The maximum Gasteiger partial charge on any atom is 0.224 e. The van der Waals surface area contributed by atoms with Gasteiger partial charge in [0.05, 0.1) is 37.8 Å². The average molecular weight is 446 g/mol. The molecule has 2 saturated heterocycles. The quantitative estimate of drug-likeness (QED) is 0.732. The van der Waals surface area contributed by atoms with Crippen LogP contribution in [0.25, 0.3) is 0 Å².